The van der Waals surface area contributed by atoms with Gasteiger partial charge in [0.15, 0.2) is 0 Å². The molecule has 0 aliphatic heterocycles. The van der Waals surface area contributed by atoms with E-state index >= 15 is 0 Å². The maximum Gasteiger partial charge on any atom is 0.0640 e. The number of H-pyrrole nitrogens is 1. The molecule has 0 bridgehead atoms. The number of pyridine rings is 1. The third kappa shape index (κ3) is 1.44. The molecule has 13 heavy (non-hydrogen) atoms. The minimum atomic E-state index is 0.555. The summed E-state index contributed by atoms with van der Waals surface area (Å²) in [5.74, 6) is 0.555. The van der Waals surface area contributed by atoms with Crippen molar-refractivity contribution in [3.63, 3.8) is 0 Å². The first-order valence-corrected chi connectivity index (χ1v) is 4.74. The van der Waals surface area contributed by atoms with Crippen LogP contribution in [-0.2, 0) is 0 Å². The van der Waals surface area contributed by atoms with E-state index in [1.54, 1.807) is 0 Å². The molecule has 2 aromatic rings. The third-order valence-electron chi connectivity index (χ3n) is 2.58. The zero-order valence-electron chi connectivity index (χ0n) is 8.04. The van der Waals surface area contributed by atoms with Crippen molar-refractivity contribution in [1.29, 1.82) is 0 Å². The van der Waals surface area contributed by atoms with Gasteiger partial charge in [0.25, 0.3) is 0 Å². The number of aromatic nitrogens is 2. The minimum Gasteiger partial charge on any atom is -0.360 e. The van der Waals surface area contributed by atoms with Gasteiger partial charge < -0.3 is 4.98 Å². The molecule has 0 saturated carbocycles. The lowest BCUT2D eigenvalue weighted by Crippen LogP contribution is -1.94. The van der Waals surface area contributed by atoms with E-state index in [0.29, 0.717) is 5.92 Å². The Morgan fingerprint density at radius 1 is 1.54 bits per heavy atom. The van der Waals surface area contributed by atoms with Crippen LogP contribution >= 0.6 is 0 Å². The highest BCUT2D eigenvalue weighted by Gasteiger charge is 2.05. The minimum absolute atomic E-state index is 0.555. The van der Waals surface area contributed by atoms with Crippen molar-refractivity contribution < 1.29 is 0 Å². The SMILES string of the molecule is CCC(C)c1cc2cc[nH]c2cn1. The molecule has 0 radical (unpaired) electrons. The molecule has 2 heteroatoms. The molecule has 0 aromatic carbocycles. The van der Waals surface area contributed by atoms with Crippen molar-refractivity contribution in [3.8, 4) is 0 Å². The highest BCUT2D eigenvalue weighted by molar-refractivity contribution is 5.78. The third-order valence-corrected chi connectivity index (χ3v) is 2.58. The summed E-state index contributed by atoms with van der Waals surface area (Å²) in [7, 11) is 0. The number of nitrogens with zero attached hydrogens (tertiary/aromatic N) is 1. The van der Waals surface area contributed by atoms with E-state index in [-0.39, 0.29) is 0 Å². The molecular weight excluding hydrogens is 160 g/mol. The van der Waals surface area contributed by atoms with Gasteiger partial charge in [-0.15, -0.1) is 0 Å². The van der Waals surface area contributed by atoms with Crippen LogP contribution in [0.4, 0.5) is 0 Å². The largest absolute Gasteiger partial charge is 0.360 e. The Labute approximate surface area is 78.0 Å². The predicted octanol–water partition coefficient (Wildman–Crippen LogP) is 3.08. The maximum atomic E-state index is 4.42. The van der Waals surface area contributed by atoms with Crippen LogP contribution in [0.25, 0.3) is 10.9 Å². The second-order valence-corrected chi connectivity index (χ2v) is 3.48. The van der Waals surface area contributed by atoms with Crippen LogP contribution in [0.15, 0.2) is 24.5 Å². The predicted molar refractivity (Wildman–Crippen MR) is 54.8 cm³/mol. The zero-order valence-corrected chi connectivity index (χ0v) is 8.04. The highest BCUT2D eigenvalue weighted by atomic mass is 14.7. The number of fused-ring (bicyclic) bond motifs is 1. The summed E-state index contributed by atoms with van der Waals surface area (Å²) in [4.78, 5) is 7.56. The van der Waals surface area contributed by atoms with Crippen molar-refractivity contribution in [1.82, 2.24) is 9.97 Å². The van der Waals surface area contributed by atoms with Crippen molar-refractivity contribution >= 4 is 10.9 Å². The van der Waals surface area contributed by atoms with Gasteiger partial charge in [0.05, 0.1) is 11.7 Å². The van der Waals surface area contributed by atoms with Gasteiger partial charge >= 0.3 is 0 Å². The molecule has 1 N–H and O–H groups in total. The first-order valence-electron chi connectivity index (χ1n) is 4.74. The van der Waals surface area contributed by atoms with E-state index in [2.05, 4.69) is 35.9 Å². The fourth-order valence-electron chi connectivity index (χ4n) is 1.45. The fourth-order valence-corrected chi connectivity index (χ4v) is 1.45. The highest BCUT2D eigenvalue weighted by Crippen LogP contribution is 2.20. The molecule has 0 aliphatic rings. The second-order valence-electron chi connectivity index (χ2n) is 3.48. The Morgan fingerprint density at radius 2 is 2.38 bits per heavy atom. The summed E-state index contributed by atoms with van der Waals surface area (Å²) in [5.41, 5.74) is 2.31. The number of hydrogen-bond donors (Lipinski definition) is 1. The van der Waals surface area contributed by atoms with Crippen molar-refractivity contribution in [2.75, 3.05) is 0 Å². The van der Waals surface area contributed by atoms with Gasteiger partial charge in [-0.3, -0.25) is 4.98 Å². The molecule has 68 valence electrons. The average Bonchev–Trinajstić information content (AvgIpc) is 2.63. The van der Waals surface area contributed by atoms with Crippen LogP contribution in [0.5, 0.6) is 0 Å². The fraction of sp³-hybridized carbons (Fsp3) is 0.364. The summed E-state index contributed by atoms with van der Waals surface area (Å²) in [6.07, 6.45) is 5.01. The molecule has 0 spiro atoms. The molecule has 0 aliphatic carbocycles. The molecule has 2 rings (SSSR count). The average molecular weight is 174 g/mol. The lowest BCUT2D eigenvalue weighted by Gasteiger charge is -2.06. The summed E-state index contributed by atoms with van der Waals surface area (Å²) >= 11 is 0. The molecule has 2 nitrogen and oxygen atoms in total. The van der Waals surface area contributed by atoms with Crippen LogP contribution in [0.2, 0.25) is 0 Å². The lowest BCUT2D eigenvalue weighted by atomic mass is 10.0. The second kappa shape index (κ2) is 3.21. The van der Waals surface area contributed by atoms with Crippen LogP contribution < -0.4 is 0 Å². The summed E-state index contributed by atoms with van der Waals surface area (Å²) in [6.45, 7) is 4.40. The first-order chi connectivity index (χ1) is 6.31. The monoisotopic (exact) mass is 174 g/mol. The Kier molecular flexibility index (Phi) is 2.05. The van der Waals surface area contributed by atoms with Gasteiger partial charge in [0, 0.05) is 17.3 Å². The van der Waals surface area contributed by atoms with E-state index in [9.17, 15) is 0 Å². The number of hydrogen-bond acceptors (Lipinski definition) is 1. The van der Waals surface area contributed by atoms with Crippen molar-refractivity contribution in [2.24, 2.45) is 0 Å². The van der Waals surface area contributed by atoms with Crippen LogP contribution in [0, 0.1) is 0 Å². The smallest absolute Gasteiger partial charge is 0.0640 e. The summed E-state index contributed by atoms with van der Waals surface area (Å²) in [5, 5.41) is 1.25. The Balaban J connectivity index is 2.48. The van der Waals surface area contributed by atoms with Crippen LogP contribution in [0.1, 0.15) is 31.9 Å². The Bertz CT molecular complexity index is 403. The molecular formula is C11H14N2. The van der Waals surface area contributed by atoms with E-state index in [4.69, 9.17) is 0 Å². The standard InChI is InChI=1S/C11H14N2/c1-3-8(2)10-6-9-4-5-12-11(9)7-13-10/h4-8,12H,3H2,1-2H3. The lowest BCUT2D eigenvalue weighted by molar-refractivity contribution is 0.710. The van der Waals surface area contributed by atoms with Crippen molar-refractivity contribution in [2.45, 2.75) is 26.2 Å². The van der Waals surface area contributed by atoms with Gasteiger partial charge in [0.2, 0.25) is 0 Å². The number of nitrogens with one attached hydrogen (secondary N) is 1. The van der Waals surface area contributed by atoms with Gasteiger partial charge in [-0.2, -0.15) is 0 Å². The molecule has 2 heterocycles. The van der Waals surface area contributed by atoms with Gasteiger partial charge in [-0.25, -0.2) is 0 Å². The molecule has 0 amide bonds. The Hall–Kier alpha value is -1.31. The number of aromatic amines is 1. The molecule has 0 fully saturated rings. The van der Waals surface area contributed by atoms with E-state index in [0.717, 1.165) is 11.9 Å². The van der Waals surface area contributed by atoms with Crippen LogP contribution in [0.3, 0.4) is 0 Å². The van der Waals surface area contributed by atoms with E-state index < -0.39 is 0 Å². The van der Waals surface area contributed by atoms with E-state index in [1.165, 1.54) is 11.1 Å². The van der Waals surface area contributed by atoms with Gasteiger partial charge in [0.1, 0.15) is 0 Å². The quantitative estimate of drug-likeness (QED) is 0.744. The Morgan fingerprint density at radius 3 is 3.15 bits per heavy atom. The molecule has 1 unspecified atom stereocenters. The molecule has 1 atom stereocenters. The van der Waals surface area contributed by atoms with Gasteiger partial charge in [-0.05, 0) is 24.5 Å². The molecule has 2 aromatic heterocycles. The normalized spacial score (nSPS) is 13.4. The summed E-state index contributed by atoms with van der Waals surface area (Å²) < 4.78 is 0. The topological polar surface area (TPSA) is 28.7 Å². The molecule has 0 saturated heterocycles. The zero-order chi connectivity index (χ0) is 9.26. The summed E-state index contributed by atoms with van der Waals surface area (Å²) in [6, 6.07) is 4.25. The maximum absolute atomic E-state index is 4.42. The number of rotatable bonds is 2. The van der Waals surface area contributed by atoms with E-state index in [1.807, 2.05) is 12.4 Å². The van der Waals surface area contributed by atoms with Crippen LogP contribution in [-0.4, -0.2) is 9.97 Å². The first kappa shape index (κ1) is 8.30. The van der Waals surface area contributed by atoms with Crippen molar-refractivity contribution in [3.05, 3.63) is 30.2 Å². The van der Waals surface area contributed by atoms with Gasteiger partial charge in [-0.1, -0.05) is 13.8 Å².